The zero-order valence-corrected chi connectivity index (χ0v) is 21.7. The van der Waals surface area contributed by atoms with Crippen molar-refractivity contribution in [2.24, 2.45) is 17.2 Å². The standard InChI is InChI=1S/C28H34N8O3/c29-14-1-15-36-16-12-20(13-17-36)34-27(37)23-10-11-24(38-21-6-2-18(3-7-21)25(30)31)35-28(23)39-22-8-4-19(5-9-22)26(32)33/h2-11,20H,1,12-17,29H2,(H3,30,31)(H3,32,33)(H,34,37). The minimum Gasteiger partial charge on any atom is -0.439 e. The minimum absolute atomic E-state index is 0.0391. The lowest BCUT2D eigenvalue weighted by Crippen LogP contribution is -2.45. The van der Waals surface area contributed by atoms with Crippen LogP contribution in [0.25, 0.3) is 0 Å². The first-order chi connectivity index (χ1) is 18.8. The fourth-order valence-corrected chi connectivity index (χ4v) is 4.25. The first-order valence-corrected chi connectivity index (χ1v) is 12.8. The predicted octanol–water partition coefficient (Wildman–Crippen LogP) is 2.78. The number of benzene rings is 2. The van der Waals surface area contributed by atoms with E-state index in [0.717, 1.165) is 38.9 Å². The van der Waals surface area contributed by atoms with Crippen molar-refractivity contribution < 1.29 is 14.3 Å². The molecule has 1 aromatic heterocycles. The van der Waals surface area contributed by atoms with Gasteiger partial charge in [-0.25, -0.2) is 0 Å². The normalized spacial score (nSPS) is 14.0. The van der Waals surface area contributed by atoms with Crippen molar-refractivity contribution in [1.82, 2.24) is 15.2 Å². The fourth-order valence-electron chi connectivity index (χ4n) is 4.25. The Morgan fingerprint density at radius 1 is 0.897 bits per heavy atom. The number of hydrogen-bond donors (Lipinski definition) is 6. The number of aromatic nitrogens is 1. The Bertz CT molecular complexity index is 1300. The molecule has 3 aromatic rings. The average molecular weight is 531 g/mol. The highest BCUT2D eigenvalue weighted by Crippen LogP contribution is 2.29. The number of ether oxygens (including phenoxy) is 2. The highest BCUT2D eigenvalue weighted by atomic mass is 16.5. The molecule has 0 aliphatic carbocycles. The molecule has 11 nitrogen and oxygen atoms in total. The van der Waals surface area contributed by atoms with Gasteiger partial charge < -0.3 is 36.9 Å². The molecule has 2 aromatic carbocycles. The molecule has 1 saturated heterocycles. The average Bonchev–Trinajstić information content (AvgIpc) is 2.93. The van der Waals surface area contributed by atoms with Crippen LogP contribution in [-0.2, 0) is 0 Å². The largest absolute Gasteiger partial charge is 0.439 e. The fraction of sp³-hybridized carbons (Fsp3) is 0.286. The Labute approximate surface area is 227 Å². The Kier molecular flexibility index (Phi) is 9.08. The van der Waals surface area contributed by atoms with Crippen LogP contribution in [0.5, 0.6) is 23.3 Å². The maximum absolute atomic E-state index is 13.3. The van der Waals surface area contributed by atoms with Gasteiger partial charge in [0.15, 0.2) is 0 Å². The van der Waals surface area contributed by atoms with Gasteiger partial charge in [-0.2, -0.15) is 4.98 Å². The predicted molar refractivity (Wildman–Crippen MR) is 150 cm³/mol. The number of hydrogen-bond acceptors (Lipinski definition) is 8. The number of carbonyl (C=O) groups excluding carboxylic acids is 1. The van der Waals surface area contributed by atoms with Gasteiger partial charge in [0.2, 0.25) is 11.8 Å². The summed E-state index contributed by atoms with van der Waals surface area (Å²) in [6.07, 6.45) is 2.67. The lowest BCUT2D eigenvalue weighted by Gasteiger charge is -2.32. The third-order valence-electron chi connectivity index (χ3n) is 6.45. The number of nitrogens with zero attached hydrogens (tertiary/aromatic N) is 2. The quantitative estimate of drug-likeness (QED) is 0.161. The molecule has 1 aliphatic rings. The second-order valence-electron chi connectivity index (χ2n) is 9.31. The van der Waals surface area contributed by atoms with Crippen molar-refractivity contribution in [1.29, 1.82) is 10.8 Å². The van der Waals surface area contributed by atoms with Crippen molar-refractivity contribution in [3.63, 3.8) is 0 Å². The Hall–Kier alpha value is -4.48. The number of nitrogens with one attached hydrogen (secondary N) is 3. The van der Waals surface area contributed by atoms with Crippen LogP contribution in [-0.4, -0.2) is 59.7 Å². The molecular weight excluding hydrogens is 496 g/mol. The minimum atomic E-state index is -0.282. The first-order valence-electron chi connectivity index (χ1n) is 12.8. The van der Waals surface area contributed by atoms with Gasteiger partial charge in [0.25, 0.3) is 5.91 Å². The number of amides is 1. The lowest BCUT2D eigenvalue weighted by atomic mass is 10.0. The molecule has 0 atom stereocenters. The molecule has 0 saturated carbocycles. The van der Waals surface area contributed by atoms with Crippen LogP contribution in [0.3, 0.4) is 0 Å². The molecule has 39 heavy (non-hydrogen) atoms. The van der Waals surface area contributed by atoms with E-state index in [1.165, 1.54) is 0 Å². The van der Waals surface area contributed by atoms with E-state index in [9.17, 15) is 4.79 Å². The SMILES string of the molecule is N=C(N)c1ccc(Oc2ccc(C(=O)NC3CCN(CCCN)CC3)c(Oc3ccc(C(=N)N)cc3)n2)cc1. The number of pyridine rings is 1. The van der Waals surface area contributed by atoms with Crippen LogP contribution in [0.2, 0.25) is 0 Å². The molecule has 0 unspecified atom stereocenters. The van der Waals surface area contributed by atoms with E-state index in [1.54, 1.807) is 60.7 Å². The molecule has 0 bridgehead atoms. The summed E-state index contributed by atoms with van der Waals surface area (Å²) >= 11 is 0. The molecule has 1 aliphatic heterocycles. The highest BCUT2D eigenvalue weighted by Gasteiger charge is 2.23. The molecule has 204 valence electrons. The zero-order valence-electron chi connectivity index (χ0n) is 21.7. The third-order valence-corrected chi connectivity index (χ3v) is 6.45. The summed E-state index contributed by atoms with van der Waals surface area (Å²) in [7, 11) is 0. The van der Waals surface area contributed by atoms with Gasteiger partial charge in [0.05, 0.1) is 0 Å². The monoisotopic (exact) mass is 530 g/mol. The molecule has 0 spiro atoms. The second kappa shape index (κ2) is 12.9. The number of piperidine rings is 1. The lowest BCUT2D eigenvalue weighted by molar-refractivity contribution is 0.0908. The Balaban J connectivity index is 1.52. The van der Waals surface area contributed by atoms with E-state index >= 15 is 0 Å². The van der Waals surface area contributed by atoms with Crippen LogP contribution in [0.1, 0.15) is 40.7 Å². The van der Waals surface area contributed by atoms with Gasteiger partial charge in [-0.05, 0) is 86.9 Å². The zero-order chi connectivity index (χ0) is 27.8. The number of nitrogen functional groups attached to an aromatic ring is 2. The van der Waals surface area contributed by atoms with Crippen molar-refractivity contribution in [3.05, 3.63) is 77.4 Å². The number of nitrogens with two attached hydrogens (primary N) is 3. The summed E-state index contributed by atoms with van der Waals surface area (Å²) in [6.45, 7) is 3.46. The topological polar surface area (TPSA) is 189 Å². The summed E-state index contributed by atoms with van der Waals surface area (Å²) in [4.78, 5) is 20.2. The molecule has 0 radical (unpaired) electrons. The van der Waals surface area contributed by atoms with Crippen LogP contribution in [0, 0.1) is 10.8 Å². The van der Waals surface area contributed by atoms with E-state index in [2.05, 4.69) is 15.2 Å². The van der Waals surface area contributed by atoms with Gasteiger partial charge >= 0.3 is 0 Å². The summed E-state index contributed by atoms with van der Waals surface area (Å²) in [5.74, 6) is 0.853. The van der Waals surface area contributed by atoms with E-state index in [0.29, 0.717) is 29.2 Å². The molecule has 1 fully saturated rings. The number of rotatable bonds is 11. The van der Waals surface area contributed by atoms with Crippen molar-refractivity contribution >= 4 is 17.6 Å². The highest BCUT2D eigenvalue weighted by molar-refractivity contribution is 5.97. The molecule has 4 rings (SSSR count). The Morgan fingerprint density at radius 2 is 1.46 bits per heavy atom. The van der Waals surface area contributed by atoms with E-state index in [4.69, 9.17) is 37.5 Å². The number of likely N-dealkylation sites (tertiary alicyclic amines) is 1. The van der Waals surface area contributed by atoms with Crippen molar-refractivity contribution in [2.75, 3.05) is 26.2 Å². The van der Waals surface area contributed by atoms with Crippen LogP contribution in [0.4, 0.5) is 0 Å². The molecule has 11 heteroatoms. The maximum Gasteiger partial charge on any atom is 0.257 e. The van der Waals surface area contributed by atoms with Gasteiger partial charge in [0.1, 0.15) is 28.7 Å². The van der Waals surface area contributed by atoms with Gasteiger partial charge in [-0.1, -0.05) is 0 Å². The maximum atomic E-state index is 13.3. The van der Waals surface area contributed by atoms with Crippen LogP contribution < -0.4 is 32.0 Å². The third kappa shape index (κ3) is 7.53. The summed E-state index contributed by atoms with van der Waals surface area (Å²) in [6, 6.07) is 16.6. The molecular formula is C28H34N8O3. The second-order valence-corrected chi connectivity index (χ2v) is 9.31. The van der Waals surface area contributed by atoms with Crippen LogP contribution in [0.15, 0.2) is 60.7 Å². The number of carbonyl (C=O) groups is 1. The van der Waals surface area contributed by atoms with E-state index in [-0.39, 0.29) is 40.9 Å². The van der Waals surface area contributed by atoms with Crippen molar-refractivity contribution in [2.45, 2.75) is 25.3 Å². The number of amidine groups is 2. The molecule has 1 amide bonds. The summed E-state index contributed by atoms with van der Waals surface area (Å²) in [5.41, 5.74) is 18.1. The van der Waals surface area contributed by atoms with Crippen molar-refractivity contribution in [3.8, 4) is 23.3 Å². The van der Waals surface area contributed by atoms with Gasteiger partial charge in [-0.3, -0.25) is 15.6 Å². The van der Waals surface area contributed by atoms with Crippen LogP contribution >= 0.6 is 0 Å². The molecule has 2 heterocycles. The summed E-state index contributed by atoms with van der Waals surface area (Å²) in [5, 5.41) is 18.2. The van der Waals surface area contributed by atoms with E-state index in [1.807, 2.05) is 0 Å². The Morgan fingerprint density at radius 3 is 2.00 bits per heavy atom. The summed E-state index contributed by atoms with van der Waals surface area (Å²) < 4.78 is 11.9. The van der Waals surface area contributed by atoms with Gasteiger partial charge in [-0.15, -0.1) is 0 Å². The van der Waals surface area contributed by atoms with Gasteiger partial charge in [0, 0.05) is 36.3 Å². The van der Waals surface area contributed by atoms with E-state index < -0.39 is 0 Å². The molecule has 9 N–H and O–H groups in total. The first kappa shape index (κ1) is 27.6. The smallest absolute Gasteiger partial charge is 0.257 e.